The molecule has 3 heterocycles. The number of aromatic nitrogens is 2. The SMILES string of the molecule is COc1ccc(-c2cn3c(n2)sc2cc(C(=O)NCCCN4[C@H](C)CCC[C@@H]4C)ccc23)cc1. The van der Waals surface area contributed by atoms with E-state index in [1.165, 1.54) is 19.3 Å². The van der Waals surface area contributed by atoms with E-state index in [0.29, 0.717) is 24.2 Å². The van der Waals surface area contributed by atoms with Crippen LogP contribution >= 0.6 is 11.3 Å². The Morgan fingerprint density at radius 1 is 1.15 bits per heavy atom. The van der Waals surface area contributed by atoms with Crippen molar-refractivity contribution in [3.05, 3.63) is 54.2 Å². The maximum absolute atomic E-state index is 12.8. The van der Waals surface area contributed by atoms with Gasteiger partial charge in [0.15, 0.2) is 4.96 Å². The summed E-state index contributed by atoms with van der Waals surface area (Å²) in [7, 11) is 1.67. The molecule has 178 valence electrons. The van der Waals surface area contributed by atoms with Gasteiger partial charge in [-0.1, -0.05) is 17.8 Å². The van der Waals surface area contributed by atoms with Crippen LogP contribution in [-0.2, 0) is 0 Å². The normalized spacial score (nSPS) is 19.0. The van der Waals surface area contributed by atoms with E-state index in [1.807, 2.05) is 42.5 Å². The third-order valence-corrected chi connectivity index (χ3v) is 8.01. The fraction of sp³-hybridized carbons (Fsp3) is 0.407. The van der Waals surface area contributed by atoms with Gasteiger partial charge in [-0.25, -0.2) is 4.98 Å². The topological polar surface area (TPSA) is 58.9 Å². The number of methoxy groups -OCH3 is 1. The highest BCUT2D eigenvalue weighted by Gasteiger charge is 2.23. The predicted octanol–water partition coefficient (Wildman–Crippen LogP) is 5.61. The van der Waals surface area contributed by atoms with Crippen molar-refractivity contribution >= 4 is 32.4 Å². The number of benzene rings is 2. The van der Waals surface area contributed by atoms with Gasteiger partial charge >= 0.3 is 0 Å². The number of nitrogens with zero attached hydrogens (tertiary/aromatic N) is 3. The lowest BCUT2D eigenvalue weighted by Gasteiger charge is -2.39. The minimum Gasteiger partial charge on any atom is -0.497 e. The highest BCUT2D eigenvalue weighted by atomic mass is 32.1. The van der Waals surface area contributed by atoms with Gasteiger partial charge in [-0.2, -0.15) is 0 Å². The number of carbonyl (C=O) groups excluding carboxylic acids is 1. The molecule has 0 saturated carbocycles. The number of imidazole rings is 1. The Labute approximate surface area is 204 Å². The number of rotatable bonds is 7. The molecule has 2 atom stereocenters. The average Bonchev–Trinajstić information content (AvgIpc) is 3.41. The Morgan fingerprint density at radius 3 is 2.65 bits per heavy atom. The molecule has 1 saturated heterocycles. The quantitative estimate of drug-likeness (QED) is 0.352. The fourth-order valence-corrected chi connectivity index (χ4v) is 6.07. The molecule has 2 aromatic heterocycles. The molecule has 7 heteroatoms. The summed E-state index contributed by atoms with van der Waals surface area (Å²) >= 11 is 1.60. The summed E-state index contributed by atoms with van der Waals surface area (Å²) in [6, 6.07) is 15.1. The Morgan fingerprint density at radius 2 is 1.91 bits per heavy atom. The Kier molecular flexibility index (Phi) is 6.57. The third-order valence-electron chi connectivity index (χ3n) is 7.00. The highest BCUT2D eigenvalue weighted by Crippen LogP contribution is 2.31. The van der Waals surface area contributed by atoms with Crippen molar-refractivity contribution in [2.24, 2.45) is 0 Å². The minimum atomic E-state index is -0.00777. The molecule has 1 N–H and O–H groups in total. The number of likely N-dealkylation sites (tertiary alicyclic amines) is 1. The maximum Gasteiger partial charge on any atom is 0.251 e. The number of hydrogen-bond acceptors (Lipinski definition) is 5. The molecule has 4 aromatic rings. The van der Waals surface area contributed by atoms with Gasteiger partial charge in [0.2, 0.25) is 0 Å². The van der Waals surface area contributed by atoms with E-state index in [0.717, 1.165) is 45.1 Å². The molecule has 6 nitrogen and oxygen atoms in total. The van der Waals surface area contributed by atoms with E-state index in [9.17, 15) is 4.79 Å². The number of amides is 1. The zero-order chi connectivity index (χ0) is 23.7. The molecule has 34 heavy (non-hydrogen) atoms. The van der Waals surface area contributed by atoms with Gasteiger partial charge in [-0.15, -0.1) is 0 Å². The van der Waals surface area contributed by atoms with Crippen LogP contribution in [0.3, 0.4) is 0 Å². The van der Waals surface area contributed by atoms with E-state index in [1.54, 1.807) is 18.4 Å². The van der Waals surface area contributed by atoms with Gasteiger partial charge < -0.3 is 10.1 Å². The second-order valence-corrected chi connectivity index (χ2v) is 10.3. The van der Waals surface area contributed by atoms with Gasteiger partial charge in [0.1, 0.15) is 5.75 Å². The molecule has 1 amide bonds. The standard InChI is InChI=1S/C27H32N4O2S/c1-18-6-4-7-19(2)30(18)15-5-14-28-26(32)21-10-13-24-25(16-21)34-27-29-23(17-31(24)27)20-8-11-22(33-3)12-9-20/h8-13,16-19H,4-7,14-15H2,1-3H3,(H,28,32)/t18-,19+. The average molecular weight is 477 g/mol. The second kappa shape index (κ2) is 9.76. The van der Waals surface area contributed by atoms with E-state index in [2.05, 4.69) is 34.7 Å². The second-order valence-electron chi connectivity index (χ2n) is 9.27. The van der Waals surface area contributed by atoms with Crippen molar-refractivity contribution in [2.45, 2.75) is 51.6 Å². The lowest BCUT2D eigenvalue weighted by molar-refractivity contribution is 0.0925. The molecule has 1 aliphatic heterocycles. The largest absolute Gasteiger partial charge is 0.497 e. The molecule has 1 aliphatic rings. The molecule has 0 unspecified atom stereocenters. The summed E-state index contributed by atoms with van der Waals surface area (Å²) in [6.45, 7) is 6.38. The summed E-state index contributed by atoms with van der Waals surface area (Å²) in [5.41, 5.74) is 3.74. The number of hydrogen-bond donors (Lipinski definition) is 1. The zero-order valence-electron chi connectivity index (χ0n) is 20.1. The number of nitrogens with one attached hydrogen (secondary N) is 1. The Hall–Kier alpha value is -2.90. The van der Waals surface area contributed by atoms with Crippen molar-refractivity contribution in [1.29, 1.82) is 0 Å². The number of carbonyl (C=O) groups is 1. The first-order chi connectivity index (χ1) is 16.5. The first-order valence-corrected chi connectivity index (χ1v) is 12.9. The monoisotopic (exact) mass is 476 g/mol. The number of ether oxygens (including phenoxy) is 1. The van der Waals surface area contributed by atoms with Crippen LogP contribution in [0.5, 0.6) is 5.75 Å². The van der Waals surface area contributed by atoms with Crippen molar-refractivity contribution in [3.63, 3.8) is 0 Å². The van der Waals surface area contributed by atoms with Gasteiger partial charge in [0.05, 0.1) is 23.0 Å². The van der Waals surface area contributed by atoms with Crippen molar-refractivity contribution in [3.8, 4) is 17.0 Å². The number of fused-ring (bicyclic) bond motifs is 3. The van der Waals surface area contributed by atoms with Gasteiger partial charge in [0, 0.05) is 42.5 Å². The van der Waals surface area contributed by atoms with Crippen molar-refractivity contribution in [1.82, 2.24) is 19.6 Å². The summed E-state index contributed by atoms with van der Waals surface area (Å²) in [5, 5.41) is 3.11. The van der Waals surface area contributed by atoms with Gasteiger partial charge in [-0.05, 0) is 75.6 Å². The summed E-state index contributed by atoms with van der Waals surface area (Å²) in [4.78, 5) is 21.1. The third kappa shape index (κ3) is 4.55. The molecule has 0 spiro atoms. The minimum absolute atomic E-state index is 0.00777. The molecular weight excluding hydrogens is 444 g/mol. The molecule has 2 aromatic carbocycles. The van der Waals surface area contributed by atoms with E-state index < -0.39 is 0 Å². The summed E-state index contributed by atoms with van der Waals surface area (Å²) < 4.78 is 8.41. The molecule has 0 aliphatic carbocycles. The van der Waals surface area contributed by atoms with Crippen LogP contribution in [-0.4, -0.2) is 52.5 Å². The van der Waals surface area contributed by atoms with E-state index in [-0.39, 0.29) is 5.91 Å². The van der Waals surface area contributed by atoms with Crippen LogP contribution in [0.15, 0.2) is 48.7 Å². The number of thiazole rings is 1. The predicted molar refractivity (Wildman–Crippen MR) is 139 cm³/mol. The first kappa shape index (κ1) is 22.9. The molecule has 1 fully saturated rings. The number of piperidine rings is 1. The molecule has 5 rings (SSSR count). The van der Waals surface area contributed by atoms with Crippen LogP contribution in [0.1, 0.15) is 49.9 Å². The van der Waals surface area contributed by atoms with Crippen LogP contribution in [0.25, 0.3) is 26.4 Å². The highest BCUT2D eigenvalue weighted by molar-refractivity contribution is 7.23. The van der Waals surface area contributed by atoms with Crippen molar-refractivity contribution in [2.75, 3.05) is 20.2 Å². The Balaban J connectivity index is 1.24. The van der Waals surface area contributed by atoms with E-state index in [4.69, 9.17) is 9.72 Å². The lowest BCUT2D eigenvalue weighted by Crippen LogP contribution is -2.44. The van der Waals surface area contributed by atoms with Crippen LogP contribution in [0, 0.1) is 0 Å². The smallest absolute Gasteiger partial charge is 0.251 e. The van der Waals surface area contributed by atoms with E-state index >= 15 is 0 Å². The Bertz CT molecular complexity index is 1280. The maximum atomic E-state index is 12.8. The van der Waals surface area contributed by atoms with Gasteiger partial charge in [-0.3, -0.25) is 14.1 Å². The molecule has 0 radical (unpaired) electrons. The molecule has 0 bridgehead atoms. The summed E-state index contributed by atoms with van der Waals surface area (Å²) in [5.74, 6) is 0.822. The zero-order valence-corrected chi connectivity index (χ0v) is 20.9. The first-order valence-electron chi connectivity index (χ1n) is 12.1. The van der Waals surface area contributed by atoms with Crippen LogP contribution < -0.4 is 10.1 Å². The fourth-order valence-electron chi connectivity index (χ4n) is 5.02. The molecular formula is C27H32N4O2S. The van der Waals surface area contributed by atoms with Crippen LogP contribution in [0.2, 0.25) is 0 Å². The summed E-state index contributed by atoms with van der Waals surface area (Å²) in [6.07, 6.45) is 6.92. The van der Waals surface area contributed by atoms with Gasteiger partial charge in [0.25, 0.3) is 5.91 Å². The lowest BCUT2D eigenvalue weighted by atomic mass is 9.97. The van der Waals surface area contributed by atoms with Crippen molar-refractivity contribution < 1.29 is 9.53 Å². The van der Waals surface area contributed by atoms with Crippen LogP contribution in [0.4, 0.5) is 0 Å².